The third-order valence-corrected chi connectivity index (χ3v) is 7.36. The highest BCUT2D eigenvalue weighted by molar-refractivity contribution is 7.99. The zero-order chi connectivity index (χ0) is 25.8. The largest absolute Gasteiger partial charge is 0.452 e. The fourth-order valence-corrected chi connectivity index (χ4v) is 5.34. The number of carbonyl (C=O) groups is 1. The fraction of sp³-hybridized carbons (Fsp3) is 0.148. The first kappa shape index (κ1) is 25.3. The number of furan rings is 1. The van der Waals surface area contributed by atoms with E-state index in [1.165, 1.54) is 36.0 Å². The molecule has 1 fully saturated rings. The zero-order valence-electron chi connectivity index (χ0n) is 19.4. The molecule has 0 bridgehead atoms. The van der Waals surface area contributed by atoms with Gasteiger partial charge < -0.3 is 20.0 Å². The Morgan fingerprint density at radius 3 is 2.62 bits per heavy atom. The van der Waals surface area contributed by atoms with Crippen molar-refractivity contribution in [2.24, 2.45) is 0 Å². The summed E-state index contributed by atoms with van der Waals surface area (Å²) in [5.41, 5.74) is 1.35. The Balaban J connectivity index is 1.35. The molecule has 5 rings (SSSR count). The van der Waals surface area contributed by atoms with Gasteiger partial charge in [-0.2, -0.15) is 0 Å². The third-order valence-electron chi connectivity index (χ3n) is 5.83. The number of hydrogen-bond donors (Lipinski definition) is 2. The average Bonchev–Trinajstić information content (AvgIpc) is 3.49. The number of nitrogens with zero attached hydrogens (tertiary/aromatic N) is 2. The molecule has 2 aromatic heterocycles. The van der Waals surface area contributed by atoms with E-state index >= 15 is 0 Å². The summed E-state index contributed by atoms with van der Waals surface area (Å²) in [5.74, 6) is 0.146. The number of benzene rings is 2. The number of rotatable bonds is 8. The van der Waals surface area contributed by atoms with Crippen LogP contribution in [0.15, 0.2) is 99.5 Å². The van der Waals surface area contributed by atoms with Crippen molar-refractivity contribution in [3.63, 3.8) is 0 Å². The van der Waals surface area contributed by atoms with Gasteiger partial charge in [-0.25, -0.2) is 4.39 Å². The standard InChI is InChI=1S/C27H22ClFN4O2S2/c28-17-4-10-20(11-5-17)37-24-13-12-22(35-24)26-25(21-3-1-2-15-30-21)32-27(36)33(26)16-14-23(34)31-19-8-6-18(29)7-9-19/h1-13,15,25-26H,14,16H2,(H,31,34)(H,32,36)/t25-,26-/m1/s1. The van der Waals surface area contributed by atoms with E-state index in [9.17, 15) is 9.18 Å². The quantitative estimate of drug-likeness (QED) is 0.238. The van der Waals surface area contributed by atoms with Crippen LogP contribution in [0.2, 0.25) is 5.02 Å². The molecule has 37 heavy (non-hydrogen) atoms. The van der Waals surface area contributed by atoms with Gasteiger partial charge in [0, 0.05) is 34.8 Å². The van der Waals surface area contributed by atoms with Crippen molar-refractivity contribution < 1.29 is 13.6 Å². The van der Waals surface area contributed by atoms with Gasteiger partial charge in [-0.15, -0.1) is 0 Å². The number of nitrogens with one attached hydrogen (secondary N) is 2. The van der Waals surface area contributed by atoms with Gasteiger partial charge in [0.2, 0.25) is 5.91 Å². The predicted molar refractivity (Wildman–Crippen MR) is 146 cm³/mol. The molecule has 1 aliphatic rings. The van der Waals surface area contributed by atoms with Crippen LogP contribution in [0.3, 0.4) is 0 Å². The van der Waals surface area contributed by atoms with Gasteiger partial charge in [-0.1, -0.05) is 29.4 Å². The van der Waals surface area contributed by atoms with Crippen LogP contribution in [-0.2, 0) is 4.79 Å². The molecule has 2 N–H and O–H groups in total. The summed E-state index contributed by atoms with van der Waals surface area (Å²) in [5, 5.41) is 8.06. The number of pyridine rings is 1. The summed E-state index contributed by atoms with van der Waals surface area (Å²) in [4.78, 5) is 20.1. The predicted octanol–water partition coefficient (Wildman–Crippen LogP) is 6.62. The lowest BCUT2D eigenvalue weighted by Gasteiger charge is -2.25. The maximum atomic E-state index is 13.2. The van der Waals surface area contributed by atoms with Crippen LogP contribution in [0.25, 0.3) is 0 Å². The van der Waals surface area contributed by atoms with Gasteiger partial charge in [0.05, 0.1) is 11.7 Å². The molecule has 0 radical (unpaired) electrons. The minimum atomic E-state index is -0.359. The Morgan fingerprint density at radius 1 is 1.11 bits per heavy atom. The Kier molecular flexibility index (Phi) is 7.73. The lowest BCUT2D eigenvalue weighted by molar-refractivity contribution is -0.116. The monoisotopic (exact) mass is 552 g/mol. The van der Waals surface area contributed by atoms with Crippen molar-refractivity contribution in [2.45, 2.75) is 28.5 Å². The summed E-state index contributed by atoms with van der Waals surface area (Å²) in [6.45, 7) is 0.354. The Hall–Kier alpha value is -3.40. The highest BCUT2D eigenvalue weighted by atomic mass is 35.5. The molecular weight excluding hydrogens is 531 g/mol. The average molecular weight is 553 g/mol. The summed E-state index contributed by atoms with van der Waals surface area (Å²) in [7, 11) is 0. The zero-order valence-corrected chi connectivity index (χ0v) is 21.8. The summed E-state index contributed by atoms with van der Waals surface area (Å²) >= 11 is 13.2. The van der Waals surface area contributed by atoms with Gasteiger partial charge in [0.1, 0.15) is 17.6 Å². The van der Waals surface area contributed by atoms with E-state index in [1.807, 2.05) is 59.5 Å². The van der Waals surface area contributed by atoms with Gasteiger partial charge in [0.25, 0.3) is 0 Å². The van der Waals surface area contributed by atoms with Gasteiger partial charge in [-0.3, -0.25) is 9.78 Å². The van der Waals surface area contributed by atoms with Crippen molar-refractivity contribution in [3.05, 3.63) is 107 Å². The summed E-state index contributed by atoms with van der Waals surface area (Å²) in [6, 6.07) is 22.2. The Morgan fingerprint density at radius 2 is 1.89 bits per heavy atom. The maximum Gasteiger partial charge on any atom is 0.226 e. The molecule has 4 aromatic rings. The van der Waals surface area contributed by atoms with Crippen LogP contribution in [-0.4, -0.2) is 27.4 Å². The smallest absolute Gasteiger partial charge is 0.226 e. The van der Waals surface area contributed by atoms with E-state index in [0.717, 1.165) is 15.7 Å². The van der Waals surface area contributed by atoms with Crippen molar-refractivity contribution in [1.82, 2.24) is 15.2 Å². The van der Waals surface area contributed by atoms with Crippen LogP contribution >= 0.6 is 35.6 Å². The molecule has 2 atom stereocenters. The van der Waals surface area contributed by atoms with Crippen molar-refractivity contribution in [1.29, 1.82) is 0 Å². The van der Waals surface area contributed by atoms with E-state index in [4.69, 9.17) is 28.2 Å². The SMILES string of the molecule is O=C(CCN1C(=S)N[C@H](c2ccccn2)[C@H]1c1ccc(Sc2ccc(Cl)cc2)o1)Nc1ccc(F)cc1. The second-order valence-electron chi connectivity index (χ2n) is 8.34. The number of carbonyl (C=O) groups excluding carboxylic acids is 1. The number of thiocarbonyl (C=S) groups is 1. The topological polar surface area (TPSA) is 70.4 Å². The molecule has 0 spiro atoms. The van der Waals surface area contributed by atoms with E-state index < -0.39 is 0 Å². The lowest BCUT2D eigenvalue weighted by atomic mass is 10.0. The molecule has 6 nitrogen and oxygen atoms in total. The number of halogens is 2. The second-order valence-corrected chi connectivity index (χ2v) is 10.2. The van der Waals surface area contributed by atoms with Crippen LogP contribution < -0.4 is 10.6 Å². The van der Waals surface area contributed by atoms with Crippen LogP contribution in [0.5, 0.6) is 0 Å². The van der Waals surface area contributed by atoms with Gasteiger partial charge >= 0.3 is 0 Å². The molecule has 0 unspecified atom stereocenters. The maximum absolute atomic E-state index is 13.2. The number of aromatic nitrogens is 1. The molecule has 1 amide bonds. The summed E-state index contributed by atoms with van der Waals surface area (Å²) < 4.78 is 19.4. The molecule has 3 heterocycles. The van der Waals surface area contributed by atoms with Crippen LogP contribution in [0.4, 0.5) is 10.1 Å². The van der Waals surface area contributed by atoms with E-state index in [1.54, 1.807) is 6.20 Å². The first-order chi connectivity index (χ1) is 18.0. The van der Waals surface area contributed by atoms with E-state index in [-0.39, 0.29) is 30.2 Å². The van der Waals surface area contributed by atoms with Gasteiger partial charge in [0.15, 0.2) is 10.2 Å². The van der Waals surface area contributed by atoms with Crippen LogP contribution in [0.1, 0.15) is 30.0 Å². The molecule has 1 saturated heterocycles. The van der Waals surface area contributed by atoms with Crippen molar-refractivity contribution in [3.8, 4) is 0 Å². The highest BCUT2D eigenvalue weighted by Crippen LogP contribution is 2.41. The summed E-state index contributed by atoms with van der Waals surface area (Å²) in [6.07, 6.45) is 1.91. The molecule has 10 heteroatoms. The molecule has 2 aromatic carbocycles. The van der Waals surface area contributed by atoms with Gasteiger partial charge in [-0.05, 0) is 85.0 Å². The lowest BCUT2D eigenvalue weighted by Crippen LogP contribution is -2.32. The van der Waals surface area contributed by atoms with Crippen LogP contribution in [0, 0.1) is 5.82 Å². The molecule has 0 aliphatic carbocycles. The van der Waals surface area contributed by atoms with E-state index in [0.29, 0.717) is 28.1 Å². The number of hydrogen-bond acceptors (Lipinski definition) is 5. The third kappa shape index (κ3) is 6.12. The first-order valence-electron chi connectivity index (χ1n) is 11.5. The van der Waals surface area contributed by atoms with E-state index in [2.05, 4.69) is 15.6 Å². The fourth-order valence-electron chi connectivity index (χ4n) is 4.10. The second kappa shape index (κ2) is 11.3. The normalized spacial score (nSPS) is 17.0. The molecule has 0 saturated carbocycles. The van der Waals surface area contributed by atoms with Crippen molar-refractivity contribution in [2.75, 3.05) is 11.9 Å². The number of amides is 1. The molecule has 188 valence electrons. The Labute approximate surface area is 228 Å². The first-order valence-corrected chi connectivity index (χ1v) is 13.1. The number of anilines is 1. The van der Waals surface area contributed by atoms with Crippen molar-refractivity contribution >= 4 is 52.3 Å². The minimum absolute atomic E-state index is 0.178. The minimum Gasteiger partial charge on any atom is -0.452 e. The molecular formula is C27H22ClFN4O2S2. The highest BCUT2D eigenvalue weighted by Gasteiger charge is 2.41. The Bertz CT molecular complexity index is 1380. The molecule has 1 aliphatic heterocycles.